The monoisotopic (exact) mass is 513 g/mol. The number of ether oxygens (including phenoxy) is 1. The van der Waals surface area contributed by atoms with Gasteiger partial charge in [0, 0.05) is 22.4 Å². The first-order chi connectivity index (χ1) is 15.5. The van der Waals surface area contributed by atoms with Gasteiger partial charge in [-0.3, -0.25) is 14.9 Å². The molecular weight excluding hydrogens is 494 g/mol. The maximum Gasteiger partial charge on any atom is 0.269 e. The summed E-state index contributed by atoms with van der Waals surface area (Å²) in [6, 6.07) is 21.4. The molecule has 0 heterocycles. The van der Waals surface area contributed by atoms with Crippen LogP contribution in [-0.4, -0.2) is 22.8 Å². The first kappa shape index (κ1) is 23.5. The van der Waals surface area contributed by atoms with Crippen LogP contribution < -0.4 is 10.2 Å². The highest BCUT2D eigenvalue weighted by atomic mass is 79.9. The number of carbonyl (C=O) groups is 1. The van der Waals surface area contributed by atoms with Gasteiger partial charge in [-0.05, 0) is 65.2 Å². The van der Waals surface area contributed by atoms with Crippen LogP contribution in [0.5, 0.6) is 5.75 Å². The lowest BCUT2D eigenvalue weighted by atomic mass is 10.2. The van der Waals surface area contributed by atoms with Crippen LogP contribution in [0.2, 0.25) is 0 Å². The Morgan fingerprint density at radius 1 is 1.09 bits per heavy atom. The van der Waals surface area contributed by atoms with E-state index in [1.165, 1.54) is 23.9 Å². The predicted molar refractivity (Wildman–Crippen MR) is 130 cm³/mol. The minimum atomic E-state index is -0.434. The van der Waals surface area contributed by atoms with Crippen molar-refractivity contribution in [2.75, 3.05) is 5.75 Å². The number of carbonyl (C=O) groups excluding carboxylic acids is 1. The number of nitro groups is 1. The summed E-state index contributed by atoms with van der Waals surface area (Å²) in [5, 5.41) is 14.7. The van der Waals surface area contributed by atoms with Gasteiger partial charge >= 0.3 is 0 Å². The standard InChI is InChI=1S/C23H20BrN3O4S/c24-20-3-1-2-19(12-20)15-32-16-23(28)26-25-13-17-6-10-22(11-7-17)31-14-18-4-8-21(9-5-18)27(29)30/h1-13H,14-16H2,(H,26,28)/b25-13-. The minimum Gasteiger partial charge on any atom is -0.489 e. The molecule has 3 rings (SSSR count). The Kier molecular flexibility index (Phi) is 8.82. The van der Waals surface area contributed by atoms with Crippen molar-refractivity contribution in [3.05, 3.63) is 104 Å². The highest BCUT2D eigenvalue weighted by Crippen LogP contribution is 2.17. The van der Waals surface area contributed by atoms with E-state index >= 15 is 0 Å². The third-order valence-corrected chi connectivity index (χ3v) is 5.72. The maximum absolute atomic E-state index is 11.9. The van der Waals surface area contributed by atoms with Crippen molar-refractivity contribution in [2.45, 2.75) is 12.4 Å². The van der Waals surface area contributed by atoms with Gasteiger partial charge in [-0.1, -0.05) is 28.1 Å². The van der Waals surface area contributed by atoms with Crippen LogP contribution in [0.15, 0.2) is 82.4 Å². The summed E-state index contributed by atoms with van der Waals surface area (Å²) >= 11 is 4.95. The third kappa shape index (κ3) is 7.82. The van der Waals surface area contributed by atoms with Crippen molar-refractivity contribution in [3.8, 4) is 5.75 Å². The Morgan fingerprint density at radius 3 is 2.53 bits per heavy atom. The lowest BCUT2D eigenvalue weighted by Crippen LogP contribution is -2.19. The molecule has 0 radical (unpaired) electrons. The lowest BCUT2D eigenvalue weighted by molar-refractivity contribution is -0.384. The van der Waals surface area contributed by atoms with E-state index in [9.17, 15) is 14.9 Å². The van der Waals surface area contributed by atoms with E-state index in [4.69, 9.17) is 4.74 Å². The zero-order valence-corrected chi connectivity index (χ0v) is 19.3. The van der Waals surface area contributed by atoms with E-state index in [0.717, 1.165) is 26.9 Å². The van der Waals surface area contributed by atoms with Gasteiger partial charge in [-0.2, -0.15) is 5.10 Å². The Morgan fingerprint density at radius 2 is 1.84 bits per heavy atom. The number of thioether (sulfide) groups is 1. The molecule has 0 aliphatic heterocycles. The second-order valence-electron chi connectivity index (χ2n) is 6.70. The molecule has 0 aliphatic rings. The third-order valence-electron chi connectivity index (χ3n) is 4.23. The van der Waals surface area contributed by atoms with Gasteiger partial charge in [0.2, 0.25) is 5.91 Å². The SMILES string of the molecule is O=C(CSCc1cccc(Br)c1)N/N=C\c1ccc(OCc2ccc([N+](=O)[O-])cc2)cc1. The molecule has 164 valence electrons. The summed E-state index contributed by atoms with van der Waals surface area (Å²) in [6.45, 7) is 0.305. The molecule has 0 saturated carbocycles. The summed E-state index contributed by atoms with van der Waals surface area (Å²) < 4.78 is 6.71. The van der Waals surface area contributed by atoms with Gasteiger partial charge in [-0.25, -0.2) is 5.43 Å². The number of nitrogens with one attached hydrogen (secondary N) is 1. The number of nitrogens with zero attached hydrogens (tertiary/aromatic N) is 2. The van der Waals surface area contributed by atoms with Crippen LogP contribution >= 0.6 is 27.7 Å². The number of rotatable bonds is 10. The van der Waals surface area contributed by atoms with E-state index < -0.39 is 4.92 Å². The normalized spacial score (nSPS) is 10.8. The smallest absolute Gasteiger partial charge is 0.269 e. The molecule has 1 amide bonds. The molecular formula is C23H20BrN3O4S. The Hall–Kier alpha value is -3.17. The topological polar surface area (TPSA) is 93.8 Å². The maximum atomic E-state index is 11.9. The Bertz CT molecular complexity index is 1090. The van der Waals surface area contributed by atoms with Crippen molar-refractivity contribution in [3.63, 3.8) is 0 Å². The molecule has 0 saturated heterocycles. The van der Waals surface area contributed by atoms with Crippen LogP contribution in [0.3, 0.4) is 0 Å². The molecule has 0 aliphatic carbocycles. The summed E-state index contributed by atoms with van der Waals surface area (Å²) in [5.41, 5.74) is 5.37. The molecule has 0 unspecified atom stereocenters. The number of amides is 1. The average molecular weight is 514 g/mol. The lowest BCUT2D eigenvalue weighted by Gasteiger charge is -2.06. The quantitative estimate of drug-likeness (QED) is 0.225. The molecule has 0 atom stereocenters. The summed E-state index contributed by atoms with van der Waals surface area (Å²) in [7, 11) is 0. The largest absolute Gasteiger partial charge is 0.489 e. The number of hydrogen-bond acceptors (Lipinski definition) is 6. The van der Waals surface area contributed by atoms with Gasteiger partial charge in [0.05, 0.1) is 16.9 Å². The zero-order chi connectivity index (χ0) is 22.8. The molecule has 3 aromatic rings. The minimum absolute atomic E-state index is 0.0486. The molecule has 3 aromatic carbocycles. The highest BCUT2D eigenvalue weighted by molar-refractivity contribution is 9.10. The van der Waals surface area contributed by atoms with E-state index in [1.807, 2.05) is 36.4 Å². The Balaban J connectivity index is 1.38. The second-order valence-corrected chi connectivity index (χ2v) is 8.60. The van der Waals surface area contributed by atoms with Crippen molar-refractivity contribution in [1.82, 2.24) is 5.43 Å². The summed E-state index contributed by atoms with van der Waals surface area (Å²) in [5.74, 6) is 1.56. The van der Waals surface area contributed by atoms with E-state index in [0.29, 0.717) is 18.1 Å². The van der Waals surface area contributed by atoms with Crippen LogP contribution in [0.4, 0.5) is 5.69 Å². The van der Waals surface area contributed by atoms with Crippen LogP contribution in [0.1, 0.15) is 16.7 Å². The average Bonchev–Trinajstić information content (AvgIpc) is 2.79. The molecule has 1 N–H and O–H groups in total. The number of hydrazone groups is 1. The summed E-state index contributed by atoms with van der Waals surface area (Å²) in [6.07, 6.45) is 1.57. The summed E-state index contributed by atoms with van der Waals surface area (Å²) in [4.78, 5) is 22.2. The molecule has 0 aromatic heterocycles. The fourth-order valence-corrected chi connectivity index (χ4v) is 3.84. The predicted octanol–water partition coefficient (Wildman–Crippen LogP) is 5.32. The van der Waals surface area contributed by atoms with Crippen molar-refractivity contribution in [1.29, 1.82) is 0 Å². The zero-order valence-electron chi connectivity index (χ0n) is 16.9. The fraction of sp³-hybridized carbons (Fsp3) is 0.130. The van der Waals surface area contributed by atoms with Gasteiger partial charge in [0.15, 0.2) is 0 Å². The van der Waals surface area contributed by atoms with Crippen LogP contribution in [-0.2, 0) is 17.2 Å². The molecule has 9 heteroatoms. The van der Waals surface area contributed by atoms with Gasteiger partial charge < -0.3 is 4.74 Å². The van der Waals surface area contributed by atoms with Crippen molar-refractivity contribution < 1.29 is 14.5 Å². The Labute approximate surface area is 198 Å². The fourth-order valence-electron chi connectivity index (χ4n) is 2.63. The molecule has 0 spiro atoms. The van der Waals surface area contributed by atoms with Crippen LogP contribution in [0, 0.1) is 10.1 Å². The molecule has 32 heavy (non-hydrogen) atoms. The first-order valence-electron chi connectivity index (χ1n) is 9.60. The van der Waals surface area contributed by atoms with Gasteiger partial charge in [0.25, 0.3) is 5.69 Å². The highest BCUT2D eigenvalue weighted by Gasteiger charge is 2.04. The molecule has 7 nitrogen and oxygen atoms in total. The van der Waals surface area contributed by atoms with Crippen LogP contribution in [0.25, 0.3) is 0 Å². The van der Waals surface area contributed by atoms with Crippen molar-refractivity contribution in [2.24, 2.45) is 5.10 Å². The number of nitro benzene ring substituents is 1. The number of hydrogen-bond donors (Lipinski definition) is 1. The second kappa shape index (κ2) is 12.0. The number of halogens is 1. The van der Waals surface area contributed by atoms with Crippen molar-refractivity contribution >= 4 is 45.5 Å². The number of benzene rings is 3. The molecule has 0 fully saturated rings. The van der Waals surface area contributed by atoms with Gasteiger partial charge in [-0.15, -0.1) is 11.8 Å². The van der Waals surface area contributed by atoms with E-state index in [2.05, 4.69) is 26.5 Å². The van der Waals surface area contributed by atoms with Gasteiger partial charge in [0.1, 0.15) is 12.4 Å². The number of non-ortho nitro benzene ring substituents is 1. The molecule has 0 bridgehead atoms. The first-order valence-corrected chi connectivity index (χ1v) is 11.5. The van der Waals surface area contributed by atoms with E-state index in [1.54, 1.807) is 30.5 Å². The van der Waals surface area contributed by atoms with E-state index in [-0.39, 0.29) is 11.6 Å².